The Morgan fingerprint density at radius 2 is 2.05 bits per heavy atom. The van der Waals surface area contributed by atoms with Gasteiger partial charge in [0.05, 0.1) is 6.54 Å². The largest absolute Gasteiger partial charge is 0.355 e. The van der Waals surface area contributed by atoms with E-state index in [9.17, 15) is 12.8 Å². The maximum absolute atomic E-state index is 13.3. The molecule has 0 fully saturated rings. The van der Waals surface area contributed by atoms with E-state index in [-0.39, 0.29) is 6.54 Å². The van der Waals surface area contributed by atoms with Gasteiger partial charge in [-0.25, -0.2) is 17.5 Å². The Hall–Kier alpha value is -1.53. The van der Waals surface area contributed by atoms with Crippen LogP contribution < -0.4 is 4.72 Å². The third kappa shape index (κ3) is 3.71. The number of halogens is 1. The molecule has 1 aromatic rings. The molecule has 0 unspecified atom stereocenters. The molecule has 0 aliphatic carbocycles. The maximum atomic E-state index is 13.3. The highest BCUT2D eigenvalue weighted by atomic mass is 32.2. The minimum Gasteiger partial charge on any atom is -0.355 e. The lowest BCUT2D eigenvalue weighted by Gasteiger charge is -2.14. The fourth-order valence-corrected chi connectivity index (χ4v) is 2.54. The van der Waals surface area contributed by atoms with Crippen LogP contribution in [0.25, 0.3) is 0 Å². The average Bonchev–Trinajstić information content (AvgIpc) is 2.39. The molecule has 0 atom stereocenters. The van der Waals surface area contributed by atoms with Crippen molar-refractivity contribution in [3.63, 3.8) is 0 Å². The number of benzene rings is 1. The standard InChI is InChI=1S/C11H13FN2O4S/c1-17-11(18-2)7-14-19(15,16)10-5-3-4-9(12)8(10)6-13/h3-5,11,14H,7H2,1-2H3. The first-order valence-electron chi connectivity index (χ1n) is 5.20. The molecule has 0 aromatic heterocycles. The number of nitrogens with one attached hydrogen (secondary N) is 1. The number of hydrogen-bond donors (Lipinski definition) is 1. The van der Waals surface area contributed by atoms with Crippen molar-refractivity contribution >= 4 is 10.0 Å². The van der Waals surface area contributed by atoms with Gasteiger partial charge in [-0.2, -0.15) is 5.26 Å². The Morgan fingerprint density at radius 1 is 1.42 bits per heavy atom. The van der Waals surface area contributed by atoms with E-state index in [2.05, 4.69) is 4.72 Å². The summed E-state index contributed by atoms with van der Waals surface area (Å²) >= 11 is 0. The second-order valence-corrected chi connectivity index (χ2v) is 5.21. The summed E-state index contributed by atoms with van der Waals surface area (Å²) in [4.78, 5) is -0.416. The summed E-state index contributed by atoms with van der Waals surface area (Å²) in [6.45, 7) is -0.156. The monoisotopic (exact) mass is 288 g/mol. The molecule has 0 aliphatic heterocycles. The smallest absolute Gasteiger partial charge is 0.242 e. The number of rotatable bonds is 6. The Morgan fingerprint density at radius 3 is 2.58 bits per heavy atom. The average molecular weight is 288 g/mol. The van der Waals surface area contributed by atoms with Crippen molar-refractivity contribution in [2.45, 2.75) is 11.2 Å². The second-order valence-electron chi connectivity index (χ2n) is 3.48. The van der Waals surface area contributed by atoms with E-state index in [1.807, 2.05) is 0 Å². The van der Waals surface area contributed by atoms with Crippen LogP contribution >= 0.6 is 0 Å². The molecule has 0 amide bonds. The van der Waals surface area contributed by atoms with Crippen molar-refractivity contribution in [3.8, 4) is 6.07 Å². The summed E-state index contributed by atoms with van der Waals surface area (Å²) in [5, 5.41) is 8.80. The van der Waals surface area contributed by atoms with Crippen LogP contribution in [0, 0.1) is 17.1 Å². The second kappa shape index (κ2) is 6.58. The van der Waals surface area contributed by atoms with Gasteiger partial charge in [0.1, 0.15) is 22.3 Å². The zero-order chi connectivity index (χ0) is 14.5. The molecule has 0 bridgehead atoms. The van der Waals surface area contributed by atoms with Crippen molar-refractivity contribution in [2.75, 3.05) is 20.8 Å². The first kappa shape index (κ1) is 15.5. The highest BCUT2D eigenvalue weighted by molar-refractivity contribution is 7.89. The molecule has 6 nitrogen and oxygen atoms in total. The Balaban J connectivity index is 3.02. The molecular formula is C11H13FN2O4S. The van der Waals surface area contributed by atoms with Crippen LogP contribution in [0.4, 0.5) is 4.39 Å². The molecule has 19 heavy (non-hydrogen) atoms. The Labute approximate surface area is 110 Å². The van der Waals surface area contributed by atoms with Crippen LogP contribution in [-0.2, 0) is 19.5 Å². The molecule has 0 aliphatic rings. The number of nitrogens with zero attached hydrogens (tertiary/aromatic N) is 1. The normalized spacial score (nSPS) is 11.5. The molecule has 1 N–H and O–H groups in total. The lowest BCUT2D eigenvalue weighted by molar-refractivity contribution is -0.0960. The third-order valence-electron chi connectivity index (χ3n) is 2.34. The summed E-state index contributed by atoms with van der Waals surface area (Å²) < 4.78 is 49.1. The summed E-state index contributed by atoms with van der Waals surface area (Å²) in [5.41, 5.74) is -0.526. The molecule has 0 saturated heterocycles. The van der Waals surface area contributed by atoms with E-state index in [0.717, 1.165) is 12.1 Å². The fraction of sp³-hybridized carbons (Fsp3) is 0.364. The predicted molar refractivity (Wildman–Crippen MR) is 64.1 cm³/mol. The van der Waals surface area contributed by atoms with Gasteiger partial charge >= 0.3 is 0 Å². The number of sulfonamides is 1. The van der Waals surface area contributed by atoms with Crippen molar-refractivity contribution in [1.29, 1.82) is 5.26 Å². The van der Waals surface area contributed by atoms with Gasteiger partial charge in [0.2, 0.25) is 10.0 Å². The minimum absolute atomic E-state index is 0.156. The summed E-state index contributed by atoms with van der Waals surface area (Å²) in [5.74, 6) is -0.889. The predicted octanol–water partition coefficient (Wildman–Crippen LogP) is 0.595. The highest BCUT2D eigenvalue weighted by Gasteiger charge is 2.22. The quantitative estimate of drug-likeness (QED) is 0.774. The summed E-state index contributed by atoms with van der Waals surface area (Å²) in [6.07, 6.45) is -0.770. The van der Waals surface area contributed by atoms with Crippen LogP contribution in [0.15, 0.2) is 23.1 Å². The maximum Gasteiger partial charge on any atom is 0.242 e. The molecule has 0 radical (unpaired) electrons. The van der Waals surface area contributed by atoms with Gasteiger partial charge in [-0.15, -0.1) is 0 Å². The molecule has 8 heteroatoms. The molecular weight excluding hydrogens is 275 g/mol. The molecule has 0 heterocycles. The van der Waals surface area contributed by atoms with E-state index in [0.29, 0.717) is 0 Å². The van der Waals surface area contributed by atoms with Gasteiger partial charge in [0.15, 0.2) is 6.29 Å². The molecule has 0 spiro atoms. The van der Waals surface area contributed by atoms with Crippen molar-refractivity contribution < 1.29 is 22.3 Å². The van der Waals surface area contributed by atoms with Crippen LogP contribution in [-0.4, -0.2) is 35.5 Å². The zero-order valence-electron chi connectivity index (χ0n) is 10.4. The minimum atomic E-state index is -4.01. The topological polar surface area (TPSA) is 88.4 Å². The highest BCUT2D eigenvalue weighted by Crippen LogP contribution is 2.17. The van der Waals surface area contributed by atoms with E-state index in [4.69, 9.17) is 14.7 Å². The molecule has 1 rings (SSSR count). The Kier molecular flexibility index (Phi) is 5.38. The van der Waals surface area contributed by atoms with E-state index in [1.165, 1.54) is 26.4 Å². The van der Waals surface area contributed by atoms with Crippen molar-refractivity contribution in [2.24, 2.45) is 0 Å². The molecule has 1 aromatic carbocycles. The Bertz CT molecular complexity index is 579. The summed E-state index contributed by atoms with van der Waals surface area (Å²) in [6, 6.07) is 4.92. The van der Waals surface area contributed by atoms with Gasteiger partial charge in [-0.05, 0) is 12.1 Å². The van der Waals surface area contributed by atoms with E-state index < -0.39 is 32.6 Å². The van der Waals surface area contributed by atoms with E-state index >= 15 is 0 Å². The number of methoxy groups -OCH3 is 2. The van der Waals surface area contributed by atoms with Crippen LogP contribution in [0.5, 0.6) is 0 Å². The van der Waals surface area contributed by atoms with Gasteiger partial charge in [0.25, 0.3) is 0 Å². The van der Waals surface area contributed by atoms with Crippen LogP contribution in [0.3, 0.4) is 0 Å². The fourth-order valence-electron chi connectivity index (χ4n) is 1.36. The van der Waals surface area contributed by atoms with Gasteiger partial charge in [-0.3, -0.25) is 0 Å². The number of nitriles is 1. The van der Waals surface area contributed by atoms with Gasteiger partial charge in [-0.1, -0.05) is 6.07 Å². The van der Waals surface area contributed by atoms with E-state index in [1.54, 1.807) is 0 Å². The van der Waals surface area contributed by atoms with Crippen molar-refractivity contribution in [3.05, 3.63) is 29.6 Å². The lowest BCUT2D eigenvalue weighted by Crippen LogP contribution is -2.34. The van der Waals surface area contributed by atoms with Crippen LogP contribution in [0.2, 0.25) is 0 Å². The zero-order valence-corrected chi connectivity index (χ0v) is 11.2. The number of ether oxygens (including phenoxy) is 2. The molecule has 0 saturated carbocycles. The SMILES string of the molecule is COC(CNS(=O)(=O)c1cccc(F)c1C#N)OC. The van der Waals surface area contributed by atoms with Gasteiger partial charge in [0, 0.05) is 14.2 Å². The molecule has 104 valence electrons. The summed E-state index contributed by atoms with van der Waals surface area (Å²) in [7, 11) is -1.31. The first-order valence-corrected chi connectivity index (χ1v) is 6.68. The van der Waals surface area contributed by atoms with Crippen LogP contribution in [0.1, 0.15) is 5.56 Å². The van der Waals surface area contributed by atoms with Crippen molar-refractivity contribution in [1.82, 2.24) is 4.72 Å². The van der Waals surface area contributed by atoms with Gasteiger partial charge < -0.3 is 9.47 Å². The first-order chi connectivity index (χ1) is 8.96. The number of hydrogen-bond acceptors (Lipinski definition) is 5. The lowest BCUT2D eigenvalue weighted by atomic mass is 10.2. The third-order valence-corrected chi connectivity index (χ3v) is 3.81.